The van der Waals surface area contributed by atoms with Gasteiger partial charge in [-0.2, -0.15) is 0 Å². The van der Waals surface area contributed by atoms with E-state index >= 15 is 0 Å². The normalized spacial score (nSPS) is 12.2. The van der Waals surface area contributed by atoms with E-state index < -0.39 is 5.54 Å². The zero-order valence-electron chi connectivity index (χ0n) is 14.0. The van der Waals surface area contributed by atoms with Crippen LogP contribution >= 0.6 is 11.3 Å². The molecule has 0 spiro atoms. The van der Waals surface area contributed by atoms with E-state index in [-0.39, 0.29) is 11.5 Å². The number of aryl methyl sites for hydroxylation is 1. The number of nitrogens with one attached hydrogen (secondary N) is 1. The molecule has 3 rings (SSSR count). The topological polar surface area (TPSA) is 90.5 Å². The molecule has 1 N–H and O–H groups in total. The van der Waals surface area contributed by atoms with Gasteiger partial charge >= 0.3 is 5.97 Å². The summed E-state index contributed by atoms with van der Waals surface area (Å²) < 4.78 is 9.03. The van der Waals surface area contributed by atoms with Crippen LogP contribution in [0.15, 0.2) is 16.2 Å². The second kappa shape index (κ2) is 5.99. The molecule has 24 heavy (non-hydrogen) atoms. The van der Waals surface area contributed by atoms with Crippen LogP contribution in [0.1, 0.15) is 26.6 Å². The van der Waals surface area contributed by atoms with Crippen LogP contribution < -0.4 is 10.9 Å². The number of hydrogen-bond donors (Lipinski definition) is 1. The number of ether oxygens (including phenoxy) is 1. The van der Waals surface area contributed by atoms with E-state index in [1.807, 2.05) is 15.8 Å². The van der Waals surface area contributed by atoms with Gasteiger partial charge < -0.3 is 4.74 Å². The van der Waals surface area contributed by atoms with Crippen molar-refractivity contribution in [2.45, 2.75) is 32.9 Å². The average Bonchev–Trinajstić information content (AvgIpc) is 3.17. The van der Waals surface area contributed by atoms with E-state index in [0.29, 0.717) is 29.5 Å². The van der Waals surface area contributed by atoms with Gasteiger partial charge in [0.05, 0.1) is 18.7 Å². The van der Waals surface area contributed by atoms with Gasteiger partial charge in [-0.3, -0.25) is 23.9 Å². The number of carbonyl (C=O) groups is 1. The zero-order valence-corrected chi connectivity index (χ0v) is 14.8. The van der Waals surface area contributed by atoms with Gasteiger partial charge in [0.2, 0.25) is 5.78 Å². The van der Waals surface area contributed by atoms with Crippen LogP contribution in [0.2, 0.25) is 0 Å². The Kier molecular flexibility index (Phi) is 4.14. The standard InChI is InChI=1S/C15H19N5O3S/c1-5-23-13(22)15(2,3)16-8-10-17-18-14-19(4)12(21)11-9(20(10)14)6-7-24-11/h6-7,16H,5,8H2,1-4H3. The van der Waals surface area contributed by atoms with Crippen LogP contribution in [-0.4, -0.2) is 37.3 Å². The quantitative estimate of drug-likeness (QED) is 0.693. The third-order valence-electron chi connectivity index (χ3n) is 3.87. The molecule has 0 aromatic carbocycles. The molecule has 0 aliphatic heterocycles. The fourth-order valence-electron chi connectivity index (χ4n) is 2.45. The van der Waals surface area contributed by atoms with Gasteiger partial charge in [-0.05, 0) is 32.2 Å². The highest BCUT2D eigenvalue weighted by Gasteiger charge is 2.29. The highest BCUT2D eigenvalue weighted by Crippen LogP contribution is 2.19. The summed E-state index contributed by atoms with van der Waals surface area (Å²) in [6, 6.07) is 1.87. The number of aromatic nitrogens is 4. The molecule has 0 aliphatic rings. The molecule has 0 radical (unpaired) electrons. The highest BCUT2D eigenvalue weighted by atomic mass is 32.1. The second-order valence-electron chi connectivity index (χ2n) is 5.95. The maximum atomic E-state index is 12.3. The lowest BCUT2D eigenvalue weighted by Gasteiger charge is -2.23. The fourth-order valence-corrected chi connectivity index (χ4v) is 3.30. The maximum absolute atomic E-state index is 12.3. The molecule has 0 atom stereocenters. The molecule has 0 aliphatic carbocycles. The number of rotatable bonds is 5. The van der Waals surface area contributed by atoms with Gasteiger partial charge in [-0.15, -0.1) is 21.5 Å². The Morgan fingerprint density at radius 3 is 2.88 bits per heavy atom. The Morgan fingerprint density at radius 1 is 1.42 bits per heavy atom. The van der Waals surface area contributed by atoms with E-state index in [0.717, 1.165) is 5.52 Å². The molecule has 128 valence electrons. The van der Waals surface area contributed by atoms with Crippen molar-refractivity contribution in [3.8, 4) is 0 Å². The Bertz CT molecular complexity index is 969. The first-order valence-electron chi connectivity index (χ1n) is 7.59. The van der Waals surface area contributed by atoms with E-state index in [1.165, 1.54) is 15.9 Å². The molecule has 9 heteroatoms. The van der Waals surface area contributed by atoms with Crippen molar-refractivity contribution in [3.63, 3.8) is 0 Å². The molecule has 0 fully saturated rings. The average molecular weight is 349 g/mol. The van der Waals surface area contributed by atoms with E-state index in [2.05, 4.69) is 15.5 Å². The summed E-state index contributed by atoms with van der Waals surface area (Å²) >= 11 is 1.39. The number of fused-ring (bicyclic) bond motifs is 3. The van der Waals surface area contributed by atoms with Gasteiger partial charge in [0.1, 0.15) is 10.2 Å². The summed E-state index contributed by atoms with van der Waals surface area (Å²) in [6.45, 7) is 5.92. The van der Waals surface area contributed by atoms with Crippen LogP contribution in [-0.2, 0) is 23.1 Å². The third-order valence-corrected chi connectivity index (χ3v) is 4.76. The predicted molar refractivity (Wildman–Crippen MR) is 91.2 cm³/mol. The van der Waals surface area contributed by atoms with Crippen LogP contribution in [0.5, 0.6) is 0 Å². The minimum Gasteiger partial charge on any atom is -0.465 e. The number of hydrogen-bond acceptors (Lipinski definition) is 7. The van der Waals surface area contributed by atoms with Gasteiger partial charge in [0.15, 0.2) is 5.82 Å². The first-order valence-corrected chi connectivity index (χ1v) is 8.47. The van der Waals surface area contributed by atoms with Gasteiger partial charge in [0, 0.05) is 7.05 Å². The lowest BCUT2D eigenvalue weighted by Crippen LogP contribution is -2.47. The summed E-state index contributed by atoms with van der Waals surface area (Å²) in [6.07, 6.45) is 0. The first kappa shape index (κ1) is 16.6. The molecular weight excluding hydrogens is 330 g/mol. The van der Waals surface area contributed by atoms with E-state index in [9.17, 15) is 9.59 Å². The van der Waals surface area contributed by atoms with Crippen LogP contribution in [0, 0.1) is 0 Å². The molecule has 0 bridgehead atoms. The van der Waals surface area contributed by atoms with Crippen LogP contribution in [0.4, 0.5) is 0 Å². The Hall–Kier alpha value is -2.26. The van der Waals surface area contributed by atoms with Crippen molar-refractivity contribution < 1.29 is 9.53 Å². The number of nitrogens with zero attached hydrogens (tertiary/aromatic N) is 4. The zero-order chi connectivity index (χ0) is 17.5. The third kappa shape index (κ3) is 2.59. The molecule has 0 amide bonds. The van der Waals surface area contributed by atoms with Crippen molar-refractivity contribution in [3.05, 3.63) is 27.6 Å². The molecule has 3 aromatic rings. The Labute approximate surface area is 142 Å². The second-order valence-corrected chi connectivity index (χ2v) is 6.87. The minimum atomic E-state index is -0.851. The molecule has 3 heterocycles. The van der Waals surface area contributed by atoms with Gasteiger partial charge in [-0.1, -0.05) is 0 Å². The smallest absolute Gasteiger partial charge is 0.325 e. The molecule has 3 aromatic heterocycles. The highest BCUT2D eigenvalue weighted by molar-refractivity contribution is 7.17. The lowest BCUT2D eigenvalue weighted by molar-refractivity contribution is -0.149. The van der Waals surface area contributed by atoms with Gasteiger partial charge in [-0.25, -0.2) is 0 Å². The largest absolute Gasteiger partial charge is 0.465 e. The number of esters is 1. The van der Waals surface area contributed by atoms with Crippen molar-refractivity contribution in [2.75, 3.05) is 6.61 Å². The minimum absolute atomic E-state index is 0.0914. The fraction of sp³-hybridized carbons (Fsp3) is 0.467. The van der Waals surface area contributed by atoms with Crippen molar-refractivity contribution in [1.29, 1.82) is 0 Å². The Balaban J connectivity index is 2.00. The lowest BCUT2D eigenvalue weighted by atomic mass is 10.1. The molecule has 0 unspecified atom stereocenters. The summed E-state index contributed by atoms with van der Waals surface area (Å²) in [7, 11) is 1.67. The van der Waals surface area contributed by atoms with E-state index in [1.54, 1.807) is 27.8 Å². The molecule has 0 saturated heterocycles. The first-order chi connectivity index (χ1) is 11.4. The maximum Gasteiger partial charge on any atom is 0.325 e. The van der Waals surface area contributed by atoms with Crippen LogP contribution in [0.3, 0.4) is 0 Å². The Morgan fingerprint density at radius 2 is 2.17 bits per heavy atom. The number of thiophene rings is 1. The van der Waals surface area contributed by atoms with Crippen LogP contribution in [0.25, 0.3) is 16.0 Å². The van der Waals surface area contributed by atoms with Crippen molar-refractivity contribution in [1.82, 2.24) is 24.5 Å². The summed E-state index contributed by atoms with van der Waals surface area (Å²) in [5.74, 6) is 0.768. The molecule has 8 nitrogen and oxygen atoms in total. The van der Waals surface area contributed by atoms with E-state index in [4.69, 9.17) is 4.74 Å². The molecular formula is C15H19N5O3S. The summed E-state index contributed by atoms with van der Waals surface area (Å²) in [5, 5.41) is 13.3. The van der Waals surface area contributed by atoms with Crippen molar-refractivity contribution >= 4 is 33.3 Å². The summed E-state index contributed by atoms with van der Waals surface area (Å²) in [4.78, 5) is 24.3. The van der Waals surface area contributed by atoms with Crippen molar-refractivity contribution in [2.24, 2.45) is 7.05 Å². The predicted octanol–water partition coefficient (Wildman–Crippen LogP) is 1.07. The molecule has 0 saturated carbocycles. The number of carbonyl (C=O) groups excluding carboxylic acids is 1. The monoisotopic (exact) mass is 349 g/mol. The summed E-state index contributed by atoms with van der Waals surface area (Å²) in [5.41, 5.74) is -0.170. The SMILES string of the molecule is CCOC(=O)C(C)(C)NCc1nnc2n(C)c(=O)c3sccc3n12. The van der Waals surface area contributed by atoms with Gasteiger partial charge in [0.25, 0.3) is 5.56 Å².